The molecule has 3 amide bonds. The van der Waals surface area contributed by atoms with Gasteiger partial charge in [-0.15, -0.1) is 0 Å². The third-order valence-electron chi connectivity index (χ3n) is 6.55. The van der Waals surface area contributed by atoms with Crippen LogP contribution in [0.15, 0.2) is 53.4 Å². The Bertz CT molecular complexity index is 1240. The summed E-state index contributed by atoms with van der Waals surface area (Å²) < 4.78 is 31.8. The molecule has 1 atom stereocenters. The van der Waals surface area contributed by atoms with E-state index in [9.17, 15) is 22.8 Å². The first-order chi connectivity index (χ1) is 16.7. The van der Waals surface area contributed by atoms with Gasteiger partial charge in [0.2, 0.25) is 11.8 Å². The number of fused-ring (bicyclic) bond motifs is 1. The lowest BCUT2D eigenvalue weighted by Crippen LogP contribution is -2.52. The van der Waals surface area contributed by atoms with Gasteiger partial charge >= 0.3 is 0 Å². The molecular weight excluding hydrogens is 470 g/mol. The number of methoxy groups -OCH3 is 1. The van der Waals surface area contributed by atoms with Gasteiger partial charge in [0.1, 0.15) is 23.2 Å². The number of sulfonamides is 1. The molecule has 2 aromatic carbocycles. The summed E-state index contributed by atoms with van der Waals surface area (Å²) >= 11 is 0. The third-order valence-corrected chi connectivity index (χ3v) is 8.33. The van der Waals surface area contributed by atoms with E-state index in [0.717, 1.165) is 25.7 Å². The first-order valence-corrected chi connectivity index (χ1v) is 13.0. The summed E-state index contributed by atoms with van der Waals surface area (Å²) in [4.78, 5) is 40.5. The molecule has 35 heavy (non-hydrogen) atoms. The summed E-state index contributed by atoms with van der Waals surface area (Å²) in [6.07, 6.45) is 3.87. The zero-order chi connectivity index (χ0) is 25.2. The zero-order valence-corrected chi connectivity index (χ0v) is 20.6. The van der Waals surface area contributed by atoms with Gasteiger partial charge in [0.05, 0.1) is 12.7 Å². The normalized spacial score (nSPS) is 17.7. The lowest BCUT2D eigenvalue weighted by atomic mass is 10.1. The standard InChI is InChI=1S/C25H29N3O6S/c1-17(24(30)26-19-9-3-4-10-19)27(15-18-8-7-11-20(14-18)34-2)23(29)16-28-25(31)21-12-5-6-13-22(21)35(28,32)33/h5-8,11-14,17,19H,3-4,9-10,15-16H2,1-2H3,(H,26,30). The Kier molecular flexibility index (Phi) is 7.11. The Balaban J connectivity index is 1.59. The number of carbonyl (C=O) groups excluding carboxylic acids is 3. The average molecular weight is 500 g/mol. The molecule has 10 heteroatoms. The van der Waals surface area contributed by atoms with Crippen molar-refractivity contribution in [2.45, 2.75) is 56.1 Å². The maximum atomic E-state index is 13.5. The number of benzene rings is 2. The van der Waals surface area contributed by atoms with Crippen LogP contribution in [0.2, 0.25) is 0 Å². The molecule has 0 radical (unpaired) electrons. The first-order valence-electron chi connectivity index (χ1n) is 11.6. The molecule has 1 saturated carbocycles. The summed E-state index contributed by atoms with van der Waals surface area (Å²) in [7, 11) is -2.63. The zero-order valence-electron chi connectivity index (χ0n) is 19.8. The highest BCUT2D eigenvalue weighted by Gasteiger charge is 2.43. The number of amides is 3. The average Bonchev–Trinajstić information content (AvgIpc) is 3.43. The van der Waals surface area contributed by atoms with Crippen LogP contribution in [0.1, 0.15) is 48.5 Å². The van der Waals surface area contributed by atoms with Crippen LogP contribution in [-0.2, 0) is 26.2 Å². The topological polar surface area (TPSA) is 113 Å². The molecule has 1 heterocycles. The minimum absolute atomic E-state index is 0.0340. The van der Waals surface area contributed by atoms with Crippen LogP contribution in [0.4, 0.5) is 0 Å². The van der Waals surface area contributed by atoms with Gasteiger partial charge in [-0.05, 0) is 49.6 Å². The first kappa shape index (κ1) is 24.7. The number of hydrogen-bond donors (Lipinski definition) is 1. The molecule has 0 bridgehead atoms. The van der Waals surface area contributed by atoms with Crippen LogP contribution >= 0.6 is 0 Å². The fraction of sp³-hybridized carbons (Fsp3) is 0.400. The van der Waals surface area contributed by atoms with Crippen LogP contribution in [-0.4, -0.2) is 61.1 Å². The molecule has 0 saturated heterocycles. The van der Waals surface area contributed by atoms with Crippen LogP contribution in [0.3, 0.4) is 0 Å². The smallest absolute Gasteiger partial charge is 0.269 e. The Morgan fingerprint density at radius 1 is 1.14 bits per heavy atom. The van der Waals surface area contributed by atoms with E-state index in [2.05, 4.69) is 5.32 Å². The van der Waals surface area contributed by atoms with Crippen LogP contribution in [0.25, 0.3) is 0 Å². The molecule has 0 spiro atoms. The second-order valence-corrected chi connectivity index (χ2v) is 10.7. The predicted molar refractivity (Wildman–Crippen MR) is 128 cm³/mol. The van der Waals surface area contributed by atoms with E-state index in [0.29, 0.717) is 15.6 Å². The summed E-state index contributed by atoms with van der Waals surface area (Å²) in [5.41, 5.74) is 0.740. The lowest BCUT2D eigenvalue weighted by molar-refractivity contribution is -0.140. The van der Waals surface area contributed by atoms with Gasteiger partial charge in [0.15, 0.2) is 0 Å². The largest absolute Gasteiger partial charge is 0.497 e. The minimum atomic E-state index is -4.16. The van der Waals surface area contributed by atoms with Crippen molar-refractivity contribution in [3.05, 3.63) is 59.7 Å². The van der Waals surface area contributed by atoms with Crippen molar-refractivity contribution < 1.29 is 27.5 Å². The maximum absolute atomic E-state index is 13.5. The number of rotatable bonds is 8. The number of carbonyl (C=O) groups is 3. The number of hydrogen-bond acceptors (Lipinski definition) is 6. The summed E-state index contributed by atoms with van der Waals surface area (Å²) in [6.45, 7) is 0.961. The quantitative estimate of drug-likeness (QED) is 0.596. The van der Waals surface area contributed by atoms with E-state index in [4.69, 9.17) is 4.74 Å². The van der Waals surface area contributed by atoms with Gasteiger partial charge in [-0.2, -0.15) is 0 Å². The van der Waals surface area contributed by atoms with E-state index in [1.807, 2.05) is 0 Å². The van der Waals surface area contributed by atoms with Crippen molar-refractivity contribution >= 4 is 27.7 Å². The molecule has 0 aromatic heterocycles. The highest BCUT2D eigenvalue weighted by Crippen LogP contribution is 2.30. The van der Waals surface area contributed by atoms with Crippen molar-refractivity contribution in [1.82, 2.24) is 14.5 Å². The molecule has 1 N–H and O–H groups in total. The number of nitrogens with one attached hydrogen (secondary N) is 1. The van der Waals surface area contributed by atoms with Crippen molar-refractivity contribution in [1.29, 1.82) is 0 Å². The fourth-order valence-electron chi connectivity index (χ4n) is 4.54. The molecule has 1 fully saturated rings. The molecule has 9 nitrogen and oxygen atoms in total. The van der Waals surface area contributed by atoms with E-state index in [1.165, 1.54) is 30.2 Å². The van der Waals surface area contributed by atoms with Crippen LogP contribution < -0.4 is 10.1 Å². The summed E-state index contributed by atoms with van der Waals surface area (Å²) in [6, 6.07) is 12.1. The summed E-state index contributed by atoms with van der Waals surface area (Å²) in [5.74, 6) is -1.12. The van der Waals surface area contributed by atoms with Gasteiger partial charge in [-0.1, -0.05) is 37.1 Å². The van der Waals surface area contributed by atoms with E-state index in [1.54, 1.807) is 37.3 Å². The highest BCUT2D eigenvalue weighted by molar-refractivity contribution is 7.90. The second-order valence-electron chi connectivity index (χ2n) is 8.85. The highest BCUT2D eigenvalue weighted by atomic mass is 32.2. The van der Waals surface area contributed by atoms with Crippen molar-refractivity contribution in [2.24, 2.45) is 0 Å². The van der Waals surface area contributed by atoms with Gasteiger partial charge in [-0.25, -0.2) is 12.7 Å². The van der Waals surface area contributed by atoms with Crippen LogP contribution in [0, 0.1) is 0 Å². The van der Waals surface area contributed by atoms with Gasteiger partial charge in [-0.3, -0.25) is 14.4 Å². The van der Waals surface area contributed by atoms with Crippen molar-refractivity contribution in [2.75, 3.05) is 13.7 Å². The van der Waals surface area contributed by atoms with Crippen molar-refractivity contribution in [3.8, 4) is 5.75 Å². The van der Waals surface area contributed by atoms with Gasteiger partial charge in [0.25, 0.3) is 15.9 Å². The Morgan fingerprint density at radius 2 is 1.86 bits per heavy atom. The molecular formula is C25H29N3O6S. The number of nitrogens with zero attached hydrogens (tertiary/aromatic N) is 2. The molecule has 2 aromatic rings. The lowest BCUT2D eigenvalue weighted by Gasteiger charge is -2.31. The van der Waals surface area contributed by atoms with E-state index >= 15 is 0 Å². The summed E-state index contributed by atoms with van der Waals surface area (Å²) in [5, 5.41) is 3.00. The Hall–Kier alpha value is -3.40. The molecule has 1 aliphatic carbocycles. The Labute approximate surface area is 205 Å². The van der Waals surface area contributed by atoms with Crippen LogP contribution in [0.5, 0.6) is 5.75 Å². The van der Waals surface area contributed by atoms with Gasteiger partial charge < -0.3 is 15.0 Å². The molecule has 186 valence electrons. The number of ether oxygens (including phenoxy) is 1. The minimum Gasteiger partial charge on any atom is -0.497 e. The Morgan fingerprint density at radius 3 is 2.54 bits per heavy atom. The SMILES string of the molecule is COc1cccc(CN(C(=O)CN2C(=O)c3ccccc3S2(=O)=O)C(C)C(=O)NC2CCCC2)c1. The van der Waals surface area contributed by atoms with Crippen molar-refractivity contribution in [3.63, 3.8) is 0 Å². The molecule has 1 unspecified atom stereocenters. The van der Waals surface area contributed by atoms with E-state index < -0.39 is 34.4 Å². The van der Waals surface area contributed by atoms with Gasteiger partial charge in [0, 0.05) is 12.6 Å². The predicted octanol–water partition coefficient (Wildman–Crippen LogP) is 2.32. The fourth-order valence-corrected chi connectivity index (χ4v) is 6.06. The maximum Gasteiger partial charge on any atom is 0.269 e. The monoisotopic (exact) mass is 499 g/mol. The van der Waals surface area contributed by atoms with E-state index in [-0.39, 0.29) is 29.0 Å². The third kappa shape index (κ3) is 5.02. The molecule has 2 aliphatic rings. The molecule has 4 rings (SSSR count). The second kappa shape index (κ2) is 10.1. The molecule has 1 aliphatic heterocycles.